The van der Waals surface area contributed by atoms with Gasteiger partial charge in [-0.3, -0.25) is 9.59 Å². The molecule has 2 fully saturated rings. The number of hydrogen-bond donors (Lipinski definition) is 1. The molecule has 7 nitrogen and oxygen atoms in total. The molecule has 0 saturated carbocycles. The third kappa shape index (κ3) is 5.61. The van der Waals surface area contributed by atoms with E-state index in [9.17, 15) is 14.7 Å². The van der Waals surface area contributed by atoms with Crippen molar-refractivity contribution in [1.29, 1.82) is 0 Å². The van der Waals surface area contributed by atoms with Crippen molar-refractivity contribution >= 4 is 46.6 Å². The molecule has 2 saturated heterocycles. The molecule has 1 spiro atoms. The Morgan fingerprint density at radius 1 is 0.868 bits per heavy atom. The van der Waals surface area contributed by atoms with E-state index < -0.39 is 11.5 Å². The van der Waals surface area contributed by atoms with E-state index in [-0.39, 0.29) is 11.8 Å². The van der Waals surface area contributed by atoms with Gasteiger partial charge in [0, 0.05) is 55.0 Å². The lowest BCUT2D eigenvalue weighted by atomic mass is 9.70. The number of aromatic nitrogens is 1. The number of likely N-dealkylation sites (tertiary alicyclic amines) is 2. The summed E-state index contributed by atoms with van der Waals surface area (Å²) < 4.78 is 5.71. The molecular formula is C28H26Cl3N3O4. The Bertz CT molecular complexity index is 1330. The van der Waals surface area contributed by atoms with Crippen molar-refractivity contribution in [3.8, 4) is 11.6 Å². The van der Waals surface area contributed by atoms with Crippen molar-refractivity contribution in [3.63, 3.8) is 0 Å². The van der Waals surface area contributed by atoms with Gasteiger partial charge in [-0.25, -0.2) is 4.98 Å². The Labute approximate surface area is 235 Å². The number of pyridine rings is 1. The van der Waals surface area contributed by atoms with Crippen LogP contribution >= 0.6 is 34.8 Å². The number of amides is 2. The first-order chi connectivity index (χ1) is 18.2. The number of ether oxygens (including phenoxy) is 1. The Hall–Kier alpha value is -2.84. The zero-order valence-electron chi connectivity index (χ0n) is 20.4. The second-order valence-electron chi connectivity index (χ2n) is 9.76. The Morgan fingerprint density at radius 2 is 1.55 bits per heavy atom. The molecule has 38 heavy (non-hydrogen) atoms. The van der Waals surface area contributed by atoms with Crippen LogP contribution in [0.2, 0.25) is 15.1 Å². The molecule has 0 radical (unpaired) electrons. The molecule has 1 N–H and O–H groups in total. The minimum Gasteiger partial charge on any atom is -0.439 e. The van der Waals surface area contributed by atoms with Crippen molar-refractivity contribution in [3.05, 3.63) is 87.0 Å². The fourth-order valence-electron chi connectivity index (χ4n) is 5.17. The average Bonchev–Trinajstić information content (AvgIpc) is 2.93. The molecule has 0 bridgehead atoms. The highest BCUT2D eigenvalue weighted by Gasteiger charge is 2.46. The van der Waals surface area contributed by atoms with Gasteiger partial charge in [0.15, 0.2) is 0 Å². The van der Waals surface area contributed by atoms with E-state index in [0.29, 0.717) is 83.3 Å². The van der Waals surface area contributed by atoms with Gasteiger partial charge in [-0.15, -0.1) is 0 Å². The molecule has 0 aliphatic carbocycles. The van der Waals surface area contributed by atoms with Crippen molar-refractivity contribution < 1.29 is 19.4 Å². The number of benzene rings is 2. The van der Waals surface area contributed by atoms with Crippen LogP contribution in [0.1, 0.15) is 40.0 Å². The van der Waals surface area contributed by atoms with Crippen molar-refractivity contribution in [2.75, 3.05) is 26.2 Å². The minimum atomic E-state index is -0.532. The van der Waals surface area contributed by atoms with Crippen LogP contribution < -0.4 is 4.74 Å². The second-order valence-corrected chi connectivity index (χ2v) is 11.0. The number of hydrogen-bond acceptors (Lipinski definition) is 5. The molecule has 2 aliphatic rings. The SMILES string of the molecule is O=C(c1ccc(Oc2ccc(Cl)cn2)cc1)N1CCC2(CC1)CN(C(=O)c1ccc(Cl)c(Cl)c1)CCC2O. The molecule has 1 aromatic heterocycles. The number of aliphatic hydroxyl groups excluding tert-OH is 1. The first-order valence-electron chi connectivity index (χ1n) is 12.4. The van der Waals surface area contributed by atoms with Crippen LogP contribution in [0.5, 0.6) is 11.6 Å². The predicted molar refractivity (Wildman–Crippen MR) is 146 cm³/mol. The van der Waals surface area contributed by atoms with Crippen LogP contribution in [0.3, 0.4) is 0 Å². The molecule has 10 heteroatoms. The van der Waals surface area contributed by atoms with E-state index in [0.717, 1.165) is 0 Å². The molecule has 1 atom stereocenters. The highest BCUT2D eigenvalue weighted by atomic mass is 35.5. The van der Waals surface area contributed by atoms with Crippen LogP contribution in [0.25, 0.3) is 0 Å². The number of carbonyl (C=O) groups is 2. The van der Waals surface area contributed by atoms with Gasteiger partial charge in [-0.2, -0.15) is 0 Å². The van der Waals surface area contributed by atoms with Crippen LogP contribution in [0, 0.1) is 5.41 Å². The molecule has 3 aromatic rings. The molecule has 2 aromatic carbocycles. The van der Waals surface area contributed by atoms with E-state index in [1.165, 1.54) is 6.20 Å². The van der Waals surface area contributed by atoms with E-state index in [1.54, 1.807) is 64.4 Å². The first kappa shape index (κ1) is 26.8. The van der Waals surface area contributed by atoms with Crippen LogP contribution in [0.15, 0.2) is 60.8 Å². The molecule has 1 unspecified atom stereocenters. The zero-order valence-corrected chi connectivity index (χ0v) is 22.7. The first-order valence-corrected chi connectivity index (χ1v) is 13.5. The van der Waals surface area contributed by atoms with Gasteiger partial charge in [-0.05, 0) is 67.8 Å². The van der Waals surface area contributed by atoms with E-state index in [2.05, 4.69) is 4.98 Å². The van der Waals surface area contributed by atoms with Crippen molar-refractivity contribution in [1.82, 2.24) is 14.8 Å². The van der Waals surface area contributed by atoms with Crippen LogP contribution in [-0.2, 0) is 0 Å². The van der Waals surface area contributed by atoms with E-state index >= 15 is 0 Å². The summed E-state index contributed by atoms with van der Waals surface area (Å²) in [5.41, 5.74) is 0.570. The summed E-state index contributed by atoms with van der Waals surface area (Å²) in [5.74, 6) is 0.757. The number of aliphatic hydroxyl groups is 1. The summed E-state index contributed by atoms with van der Waals surface area (Å²) in [6, 6.07) is 15.1. The number of rotatable bonds is 4. The summed E-state index contributed by atoms with van der Waals surface area (Å²) in [6.45, 7) is 1.89. The summed E-state index contributed by atoms with van der Waals surface area (Å²) in [4.78, 5) is 34.0. The quantitative estimate of drug-likeness (QED) is 0.416. The predicted octanol–water partition coefficient (Wildman–Crippen LogP) is 5.96. The number of halogens is 3. The Morgan fingerprint density at radius 3 is 2.21 bits per heavy atom. The van der Waals surface area contributed by atoms with Crippen molar-refractivity contribution in [2.24, 2.45) is 5.41 Å². The highest BCUT2D eigenvalue weighted by molar-refractivity contribution is 6.42. The lowest BCUT2D eigenvalue weighted by Gasteiger charge is -2.50. The van der Waals surface area contributed by atoms with Gasteiger partial charge in [0.2, 0.25) is 5.88 Å². The number of carbonyl (C=O) groups excluding carboxylic acids is 2. The topological polar surface area (TPSA) is 83.0 Å². The molecule has 5 rings (SSSR count). The van der Waals surface area contributed by atoms with Gasteiger partial charge in [0.05, 0.1) is 21.2 Å². The fourth-order valence-corrected chi connectivity index (χ4v) is 5.58. The molecule has 2 amide bonds. The number of nitrogens with zero attached hydrogens (tertiary/aromatic N) is 3. The van der Waals surface area contributed by atoms with E-state index in [4.69, 9.17) is 39.5 Å². The van der Waals surface area contributed by atoms with Gasteiger partial charge in [-0.1, -0.05) is 34.8 Å². The second kappa shape index (κ2) is 11.1. The molecule has 198 valence electrons. The summed E-state index contributed by atoms with van der Waals surface area (Å²) >= 11 is 18.0. The number of piperidine rings is 2. The monoisotopic (exact) mass is 573 g/mol. The molecule has 3 heterocycles. The zero-order chi connectivity index (χ0) is 26.9. The maximum Gasteiger partial charge on any atom is 0.253 e. The van der Waals surface area contributed by atoms with Gasteiger partial charge < -0.3 is 19.6 Å². The smallest absolute Gasteiger partial charge is 0.253 e. The summed E-state index contributed by atoms with van der Waals surface area (Å²) in [7, 11) is 0. The molecule has 2 aliphatic heterocycles. The standard InChI is InChI=1S/C28H26Cl3N3O4/c29-20-4-8-25(32-16-20)38-21-5-1-18(2-6-21)26(36)33-13-10-28(11-14-33)17-34(12-9-24(28)35)27(37)19-3-7-22(30)23(31)15-19/h1-8,15-16,24,35H,9-14,17H2. The Kier molecular flexibility index (Phi) is 7.82. The third-order valence-corrected chi connectivity index (χ3v) is 8.37. The molecular weight excluding hydrogens is 549 g/mol. The normalized spacial score (nSPS) is 18.9. The third-order valence-electron chi connectivity index (χ3n) is 7.41. The van der Waals surface area contributed by atoms with Gasteiger partial charge in [0.1, 0.15) is 5.75 Å². The lowest BCUT2D eigenvalue weighted by molar-refractivity contribution is -0.0676. The van der Waals surface area contributed by atoms with Crippen molar-refractivity contribution in [2.45, 2.75) is 25.4 Å². The highest BCUT2D eigenvalue weighted by Crippen LogP contribution is 2.41. The van der Waals surface area contributed by atoms with Gasteiger partial charge in [0.25, 0.3) is 11.8 Å². The van der Waals surface area contributed by atoms with Crippen LogP contribution in [0.4, 0.5) is 0 Å². The Balaban J connectivity index is 1.21. The maximum absolute atomic E-state index is 13.2. The van der Waals surface area contributed by atoms with E-state index in [1.807, 2.05) is 0 Å². The summed E-state index contributed by atoms with van der Waals surface area (Å²) in [6.07, 6.45) is 2.67. The average molecular weight is 575 g/mol. The van der Waals surface area contributed by atoms with Gasteiger partial charge >= 0.3 is 0 Å². The minimum absolute atomic E-state index is 0.0787. The maximum atomic E-state index is 13.2. The lowest BCUT2D eigenvalue weighted by Crippen LogP contribution is -2.58. The van der Waals surface area contributed by atoms with Crippen LogP contribution in [-0.4, -0.2) is 64.0 Å². The fraction of sp³-hybridized carbons (Fsp3) is 0.321. The summed E-state index contributed by atoms with van der Waals surface area (Å²) in [5, 5.41) is 12.2. The largest absolute Gasteiger partial charge is 0.439 e.